The van der Waals surface area contributed by atoms with Crippen LogP contribution in [0, 0.1) is 17.0 Å². The highest BCUT2D eigenvalue weighted by atomic mass is 35.7. The molecule has 0 aliphatic heterocycles. The van der Waals surface area contributed by atoms with Gasteiger partial charge in [0.1, 0.15) is 5.75 Å². The zero-order valence-electron chi connectivity index (χ0n) is 11.3. The van der Waals surface area contributed by atoms with E-state index in [9.17, 15) is 17.2 Å². The van der Waals surface area contributed by atoms with Gasteiger partial charge in [0.25, 0.3) is 0 Å². The van der Waals surface area contributed by atoms with Gasteiger partial charge in [0, 0.05) is 22.2 Å². The molecular weight excluding hydrogens is 310 g/mol. The molecule has 20 heavy (non-hydrogen) atoms. The van der Waals surface area contributed by atoms with E-state index in [0.717, 1.165) is 12.1 Å². The number of halogens is 3. The second-order valence-corrected chi connectivity index (χ2v) is 7.53. The van der Waals surface area contributed by atoms with Crippen LogP contribution in [-0.4, -0.2) is 20.8 Å². The molecule has 0 fully saturated rings. The van der Waals surface area contributed by atoms with Crippen LogP contribution >= 0.6 is 10.7 Å². The van der Waals surface area contributed by atoms with Crippen molar-refractivity contribution in [1.82, 2.24) is 0 Å². The monoisotopic (exact) mass is 326 g/mol. The Balaban J connectivity index is 2.83. The van der Waals surface area contributed by atoms with E-state index in [2.05, 4.69) is 0 Å². The molecule has 0 atom stereocenters. The summed E-state index contributed by atoms with van der Waals surface area (Å²) in [4.78, 5) is 0. The molecule has 3 nitrogen and oxygen atoms in total. The minimum atomic E-state index is -3.67. The van der Waals surface area contributed by atoms with Crippen LogP contribution in [0.1, 0.15) is 26.7 Å². The van der Waals surface area contributed by atoms with Crippen LogP contribution in [0.2, 0.25) is 0 Å². The summed E-state index contributed by atoms with van der Waals surface area (Å²) in [5, 5.41) is 0. The molecule has 0 radical (unpaired) electrons. The number of hydrogen-bond donors (Lipinski definition) is 0. The molecule has 0 heterocycles. The standard InChI is InChI=1S/C13H17ClF2O3S/c1-3-13(4-2,9-20(14,17)18)8-19-10-5-6-11(15)12(16)7-10/h5-7H,3-4,8-9H2,1-2H3. The van der Waals surface area contributed by atoms with Gasteiger partial charge in [-0.2, -0.15) is 0 Å². The van der Waals surface area contributed by atoms with E-state index in [1.165, 1.54) is 6.07 Å². The summed E-state index contributed by atoms with van der Waals surface area (Å²) in [5.74, 6) is -2.04. The molecule has 0 aliphatic carbocycles. The van der Waals surface area contributed by atoms with Crippen LogP contribution in [0.5, 0.6) is 5.75 Å². The Morgan fingerprint density at radius 3 is 2.25 bits per heavy atom. The zero-order chi connectivity index (χ0) is 15.4. The Labute approximate surface area is 122 Å². The van der Waals surface area contributed by atoms with Crippen molar-refractivity contribution in [3.8, 4) is 5.75 Å². The molecule has 0 saturated carbocycles. The van der Waals surface area contributed by atoms with Crippen LogP contribution in [0.25, 0.3) is 0 Å². The summed E-state index contributed by atoms with van der Waals surface area (Å²) >= 11 is 0. The summed E-state index contributed by atoms with van der Waals surface area (Å²) in [6.07, 6.45) is 1.08. The summed E-state index contributed by atoms with van der Waals surface area (Å²) < 4.78 is 53.8. The van der Waals surface area contributed by atoms with Gasteiger partial charge in [-0.25, -0.2) is 17.2 Å². The second-order valence-electron chi connectivity index (χ2n) is 4.75. The Hall–Kier alpha value is -0.880. The SMILES string of the molecule is CCC(CC)(COc1ccc(F)c(F)c1)CS(=O)(=O)Cl. The molecule has 0 unspecified atom stereocenters. The summed E-state index contributed by atoms with van der Waals surface area (Å²) in [5.41, 5.74) is -0.647. The number of rotatable bonds is 7. The lowest BCUT2D eigenvalue weighted by Gasteiger charge is -2.30. The minimum absolute atomic E-state index is 0.0665. The first kappa shape index (κ1) is 17.2. The predicted octanol–water partition coefficient (Wildman–Crippen LogP) is 3.72. The number of ether oxygens (including phenoxy) is 1. The number of benzene rings is 1. The average molecular weight is 327 g/mol. The topological polar surface area (TPSA) is 43.4 Å². The fraction of sp³-hybridized carbons (Fsp3) is 0.538. The lowest BCUT2D eigenvalue weighted by Crippen LogP contribution is -2.33. The first-order valence-corrected chi connectivity index (χ1v) is 8.69. The quantitative estimate of drug-likeness (QED) is 0.717. The van der Waals surface area contributed by atoms with Crippen molar-refractivity contribution < 1.29 is 21.9 Å². The van der Waals surface area contributed by atoms with Gasteiger partial charge in [-0.15, -0.1) is 0 Å². The average Bonchev–Trinajstić information content (AvgIpc) is 2.37. The largest absolute Gasteiger partial charge is 0.493 e. The molecule has 114 valence electrons. The Bertz CT molecular complexity index is 557. The van der Waals surface area contributed by atoms with Crippen molar-refractivity contribution >= 4 is 19.7 Å². The molecule has 0 aromatic heterocycles. The van der Waals surface area contributed by atoms with Crippen molar-refractivity contribution in [3.63, 3.8) is 0 Å². The predicted molar refractivity (Wildman–Crippen MR) is 74.5 cm³/mol. The molecule has 0 bridgehead atoms. The maximum absolute atomic E-state index is 13.1. The van der Waals surface area contributed by atoms with Crippen molar-refractivity contribution in [1.29, 1.82) is 0 Å². The normalized spacial score (nSPS) is 12.4. The highest BCUT2D eigenvalue weighted by Gasteiger charge is 2.32. The molecule has 0 amide bonds. The van der Waals surface area contributed by atoms with Gasteiger partial charge in [-0.05, 0) is 25.0 Å². The Kier molecular flexibility index (Phi) is 5.77. The third-order valence-corrected chi connectivity index (χ3v) is 4.70. The first-order chi connectivity index (χ1) is 9.21. The molecular formula is C13H17ClF2O3S. The fourth-order valence-corrected chi connectivity index (χ4v) is 3.79. The smallest absolute Gasteiger partial charge is 0.233 e. The van der Waals surface area contributed by atoms with E-state index in [0.29, 0.717) is 12.8 Å². The van der Waals surface area contributed by atoms with E-state index >= 15 is 0 Å². The van der Waals surface area contributed by atoms with E-state index in [1.807, 2.05) is 13.8 Å². The Morgan fingerprint density at radius 2 is 1.80 bits per heavy atom. The molecule has 1 rings (SSSR count). The third kappa shape index (κ3) is 4.90. The molecule has 1 aromatic carbocycles. The number of hydrogen-bond acceptors (Lipinski definition) is 3. The first-order valence-electron chi connectivity index (χ1n) is 6.21. The van der Waals surface area contributed by atoms with Crippen molar-refractivity contribution in [2.45, 2.75) is 26.7 Å². The lowest BCUT2D eigenvalue weighted by molar-refractivity contribution is 0.154. The summed E-state index contributed by atoms with van der Waals surface area (Å²) in [7, 11) is 1.64. The van der Waals surface area contributed by atoms with Crippen LogP contribution in [0.3, 0.4) is 0 Å². The molecule has 0 N–H and O–H groups in total. The van der Waals surface area contributed by atoms with Gasteiger partial charge >= 0.3 is 0 Å². The molecule has 0 saturated heterocycles. The van der Waals surface area contributed by atoms with E-state index in [4.69, 9.17) is 15.4 Å². The van der Waals surface area contributed by atoms with Crippen LogP contribution in [-0.2, 0) is 9.05 Å². The van der Waals surface area contributed by atoms with E-state index in [-0.39, 0.29) is 18.1 Å². The van der Waals surface area contributed by atoms with Gasteiger partial charge in [0.15, 0.2) is 11.6 Å². The van der Waals surface area contributed by atoms with Gasteiger partial charge < -0.3 is 4.74 Å². The molecule has 0 spiro atoms. The fourth-order valence-electron chi connectivity index (χ4n) is 1.87. The summed E-state index contributed by atoms with van der Waals surface area (Å²) in [6.45, 7) is 3.73. The van der Waals surface area contributed by atoms with Crippen LogP contribution in [0.4, 0.5) is 8.78 Å². The maximum Gasteiger partial charge on any atom is 0.233 e. The van der Waals surface area contributed by atoms with Gasteiger partial charge in [0.2, 0.25) is 9.05 Å². The minimum Gasteiger partial charge on any atom is -0.493 e. The van der Waals surface area contributed by atoms with Crippen molar-refractivity contribution in [2.75, 3.05) is 12.4 Å². The third-order valence-electron chi connectivity index (χ3n) is 3.41. The van der Waals surface area contributed by atoms with Crippen molar-refractivity contribution in [3.05, 3.63) is 29.8 Å². The zero-order valence-corrected chi connectivity index (χ0v) is 12.9. The Morgan fingerprint density at radius 1 is 1.20 bits per heavy atom. The second kappa shape index (κ2) is 6.72. The van der Waals surface area contributed by atoms with Gasteiger partial charge in [0.05, 0.1) is 12.4 Å². The van der Waals surface area contributed by atoms with Gasteiger partial charge in [-0.1, -0.05) is 13.8 Å². The lowest BCUT2D eigenvalue weighted by atomic mass is 9.85. The highest BCUT2D eigenvalue weighted by molar-refractivity contribution is 8.13. The van der Waals surface area contributed by atoms with E-state index in [1.54, 1.807) is 0 Å². The molecule has 7 heteroatoms. The van der Waals surface area contributed by atoms with Crippen LogP contribution in [0.15, 0.2) is 18.2 Å². The molecule has 1 aromatic rings. The molecule has 0 aliphatic rings. The van der Waals surface area contributed by atoms with Gasteiger partial charge in [-0.3, -0.25) is 0 Å². The summed E-state index contributed by atoms with van der Waals surface area (Å²) in [6, 6.07) is 3.19. The van der Waals surface area contributed by atoms with Crippen LogP contribution < -0.4 is 4.74 Å². The van der Waals surface area contributed by atoms with E-state index < -0.39 is 26.1 Å². The van der Waals surface area contributed by atoms with Crippen molar-refractivity contribution in [2.24, 2.45) is 5.41 Å². The highest BCUT2D eigenvalue weighted by Crippen LogP contribution is 2.31. The maximum atomic E-state index is 13.1.